The van der Waals surface area contributed by atoms with Gasteiger partial charge in [-0.3, -0.25) is 0 Å². The van der Waals surface area contributed by atoms with Gasteiger partial charge in [-0.1, -0.05) is 13.8 Å². The van der Waals surface area contributed by atoms with Gasteiger partial charge in [-0.25, -0.2) is 13.4 Å². The number of rotatable bonds is 5. The number of pyridine rings is 1. The minimum Gasteiger partial charge on any atom is -0.477 e. The molecular weight excluding hydrogens is 450 g/mol. The Morgan fingerprint density at radius 2 is 1.91 bits per heavy atom. The standard InChI is InChI=1S/C25H31N5O3S/c1-24(2)20(14-33-21-5-4-16(11-26)12-28-21)13-30(23(24)29-15-27)22-19-7-17-6-18(8-19)10-25(22,9-17)34(3,31)32/h4-5,12,17-20,22H,6-10,13-14H2,1-3H3/t17?,18?,19?,20?,22-,25?/m0/s1. The molecule has 1 aromatic heterocycles. The van der Waals surface area contributed by atoms with E-state index in [1.54, 1.807) is 12.1 Å². The Morgan fingerprint density at radius 3 is 2.47 bits per heavy atom. The Morgan fingerprint density at radius 1 is 1.21 bits per heavy atom. The van der Waals surface area contributed by atoms with E-state index in [0.29, 0.717) is 48.2 Å². The molecule has 34 heavy (non-hydrogen) atoms. The third-order valence-corrected chi connectivity index (χ3v) is 11.1. The normalized spacial score (nSPS) is 36.9. The number of aromatic nitrogens is 1. The fourth-order valence-corrected chi connectivity index (χ4v) is 9.42. The second-order valence-corrected chi connectivity index (χ2v) is 13.7. The highest BCUT2D eigenvalue weighted by Gasteiger charge is 2.65. The maximum absolute atomic E-state index is 13.3. The van der Waals surface area contributed by atoms with Gasteiger partial charge in [-0.2, -0.15) is 15.5 Å². The molecule has 0 amide bonds. The van der Waals surface area contributed by atoms with E-state index in [1.165, 1.54) is 12.5 Å². The third-order valence-electron chi connectivity index (χ3n) is 9.01. The summed E-state index contributed by atoms with van der Waals surface area (Å²) in [5.41, 5.74) is 0.00601. The van der Waals surface area contributed by atoms with E-state index >= 15 is 0 Å². The maximum atomic E-state index is 13.3. The van der Waals surface area contributed by atoms with Gasteiger partial charge in [0.05, 0.1) is 23.0 Å². The molecule has 1 aromatic rings. The van der Waals surface area contributed by atoms with Crippen LogP contribution in [0, 0.1) is 51.9 Å². The van der Waals surface area contributed by atoms with E-state index < -0.39 is 20.0 Å². The summed E-state index contributed by atoms with van der Waals surface area (Å²) in [5, 5.41) is 18.5. The highest BCUT2D eigenvalue weighted by atomic mass is 32.2. The first kappa shape index (κ1) is 23.1. The van der Waals surface area contributed by atoms with Gasteiger partial charge in [0.15, 0.2) is 9.84 Å². The van der Waals surface area contributed by atoms with Crippen LogP contribution in [0.2, 0.25) is 0 Å². The molecule has 4 aliphatic carbocycles. The van der Waals surface area contributed by atoms with Gasteiger partial charge < -0.3 is 9.64 Å². The van der Waals surface area contributed by atoms with E-state index in [4.69, 9.17) is 10.00 Å². The van der Waals surface area contributed by atoms with Crippen LogP contribution in [0.3, 0.4) is 0 Å². The van der Waals surface area contributed by atoms with Crippen molar-refractivity contribution >= 4 is 15.7 Å². The summed E-state index contributed by atoms with van der Waals surface area (Å²) in [6.07, 6.45) is 9.59. The lowest BCUT2D eigenvalue weighted by atomic mass is 9.53. The Kier molecular flexibility index (Phi) is 5.40. The molecule has 1 aliphatic heterocycles. The Labute approximate surface area is 201 Å². The molecule has 5 fully saturated rings. The van der Waals surface area contributed by atoms with Gasteiger partial charge in [0.2, 0.25) is 12.1 Å². The molecular formula is C25H31N5O3S. The van der Waals surface area contributed by atoms with Gasteiger partial charge in [0.1, 0.15) is 11.9 Å². The fourth-order valence-electron chi connectivity index (χ4n) is 7.58. The number of likely N-dealkylation sites (tertiary alicyclic amines) is 1. The van der Waals surface area contributed by atoms with E-state index in [0.717, 1.165) is 32.1 Å². The quantitative estimate of drug-likeness (QED) is 0.593. The number of nitrogens with zero attached hydrogens (tertiary/aromatic N) is 5. The molecule has 180 valence electrons. The van der Waals surface area contributed by atoms with Crippen molar-refractivity contribution in [2.24, 2.45) is 34.1 Å². The smallest absolute Gasteiger partial charge is 0.213 e. The van der Waals surface area contributed by atoms with Gasteiger partial charge in [0, 0.05) is 36.4 Å². The topological polar surface area (TPSA) is 119 Å². The average molecular weight is 482 g/mol. The molecule has 3 unspecified atom stereocenters. The lowest BCUT2D eigenvalue weighted by Gasteiger charge is -2.62. The van der Waals surface area contributed by atoms with Crippen molar-refractivity contribution < 1.29 is 13.2 Å². The van der Waals surface area contributed by atoms with Crippen LogP contribution in [-0.4, -0.2) is 54.3 Å². The zero-order valence-electron chi connectivity index (χ0n) is 19.9. The molecule has 4 atom stereocenters. The van der Waals surface area contributed by atoms with Gasteiger partial charge in [0.25, 0.3) is 0 Å². The molecule has 0 spiro atoms. The molecule has 0 N–H and O–H groups in total. The Hall–Kier alpha value is -2.65. The number of amidine groups is 1. The SMILES string of the molecule is CC1(C)C(=NC#N)N([C@H]2C3CC4CC(C3)CC2(S(C)(=O)=O)C4)CC1COc1ccc(C#N)cn1. The van der Waals surface area contributed by atoms with E-state index in [2.05, 4.69) is 28.7 Å². The van der Waals surface area contributed by atoms with Crippen molar-refractivity contribution in [3.05, 3.63) is 23.9 Å². The number of hydrogen-bond acceptors (Lipinski definition) is 7. The van der Waals surface area contributed by atoms with Crippen molar-refractivity contribution in [2.45, 2.75) is 56.7 Å². The monoisotopic (exact) mass is 481 g/mol. The third kappa shape index (κ3) is 3.48. The van der Waals surface area contributed by atoms with Gasteiger partial charge in [-0.05, 0) is 55.9 Å². The minimum absolute atomic E-state index is 0.00541. The maximum Gasteiger partial charge on any atom is 0.213 e. The molecule has 9 heteroatoms. The summed E-state index contributed by atoms with van der Waals surface area (Å²) in [4.78, 5) is 10.7. The largest absolute Gasteiger partial charge is 0.477 e. The van der Waals surface area contributed by atoms with Crippen LogP contribution in [0.25, 0.3) is 0 Å². The van der Waals surface area contributed by atoms with Crippen LogP contribution >= 0.6 is 0 Å². The lowest BCUT2D eigenvalue weighted by molar-refractivity contribution is -0.0293. The molecule has 8 nitrogen and oxygen atoms in total. The van der Waals surface area contributed by atoms with Crippen LogP contribution in [0.15, 0.2) is 23.3 Å². The van der Waals surface area contributed by atoms with Crippen LogP contribution in [0.1, 0.15) is 51.5 Å². The van der Waals surface area contributed by atoms with E-state index in [1.807, 2.05) is 12.3 Å². The molecule has 5 aliphatic rings. The summed E-state index contributed by atoms with van der Waals surface area (Å²) in [6, 6.07) is 5.24. The lowest BCUT2D eigenvalue weighted by Crippen LogP contribution is -2.69. The fraction of sp³-hybridized carbons (Fsp3) is 0.680. The summed E-state index contributed by atoms with van der Waals surface area (Å²) in [7, 11) is -3.31. The minimum atomic E-state index is -3.31. The van der Waals surface area contributed by atoms with E-state index in [9.17, 15) is 13.7 Å². The molecule has 0 radical (unpaired) electrons. The van der Waals surface area contributed by atoms with Gasteiger partial charge >= 0.3 is 0 Å². The van der Waals surface area contributed by atoms with Crippen LogP contribution < -0.4 is 4.74 Å². The van der Waals surface area contributed by atoms with Crippen molar-refractivity contribution in [3.8, 4) is 18.1 Å². The molecule has 4 bridgehead atoms. The summed E-state index contributed by atoms with van der Waals surface area (Å²) in [5.74, 6) is 2.39. The first-order valence-corrected chi connectivity index (χ1v) is 13.9. The predicted molar refractivity (Wildman–Crippen MR) is 126 cm³/mol. The first-order chi connectivity index (χ1) is 16.1. The Bertz CT molecular complexity index is 1180. The zero-order valence-corrected chi connectivity index (χ0v) is 20.8. The van der Waals surface area contributed by atoms with Crippen molar-refractivity contribution in [2.75, 3.05) is 19.4 Å². The van der Waals surface area contributed by atoms with E-state index in [-0.39, 0.29) is 12.0 Å². The Balaban J connectivity index is 1.46. The second-order valence-electron chi connectivity index (χ2n) is 11.3. The van der Waals surface area contributed by atoms with Crippen LogP contribution in [0.5, 0.6) is 5.88 Å². The molecule has 0 aromatic carbocycles. The van der Waals surface area contributed by atoms with Crippen molar-refractivity contribution in [1.29, 1.82) is 10.5 Å². The molecule has 6 rings (SSSR count). The van der Waals surface area contributed by atoms with Gasteiger partial charge in [-0.15, -0.1) is 0 Å². The summed E-state index contributed by atoms with van der Waals surface area (Å²) in [6.45, 7) is 5.08. The van der Waals surface area contributed by atoms with Crippen molar-refractivity contribution in [3.63, 3.8) is 0 Å². The number of ether oxygens (including phenoxy) is 1. The molecule has 4 saturated carbocycles. The first-order valence-electron chi connectivity index (χ1n) is 12.0. The highest BCUT2D eigenvalue weighted by Crippen LogP contribution is 2.61. The van der Waals surface area contributed by atoms with Crippen LogP contribution in [-0.2, 0) is 9.84 Å². The highest BCUT2D eigenvalue weighted by molar-refractivity contribution is 7.92. The number of sulfone groups is 1. The van der Waals surface area contributed by atoms with Crippen molar-refractivity contribution in [1.82, 2.24) is 9.88 Å². The number of hydrogen-bond donors (Lipinski definition) is 0. The number of nitriles is 2. The number of aliphatic imine (C=N–C) groups is 1. The summed E-state index contributed by atoms with van der Waals surface area (Å²) >= 11 is 0. The predicted octanol–water partition coefficient (Wildman–Crippen LogP) is 3.16. The average Bonchev–Trinajstić information content (AvgIpc) is 3.01. The molecule has 2 heterocycles. The zero-order chi connectivity index (χ0) is 24.3. The molecule has 1 saturated heterocycles. The summed E-state index contributed by atoms with van der Waals surface area (Å²) < 4.78 is 31.9. The van der Waals surface area contributed by atoms with Crippen LogP contribution in [0.4, 0.5) is 0 Å². The second kappa shape index (κ2) is 7.95.